The number of hydrogen-bond acceptors (Lipinski definition) is 8. The zero-order chi connectivity index (χ0) is 20.6. The number of methoxy groups -OCH3 is 2. The van der Waals surface area contributed by atoms with Gasteiger partial charge in [0.05, 0.1) is 26.5 Å². The number of carbonyl (C=O) groups excluding carboxylic acids is 2. The minimum absolute atomic E-state index is 0.0385. The monoisotopic (exact) mass is 420 g/mol. The first-order valence-corrected chi connectivity index (χ1v) is 10.3. The number of carbonyl (C=O) groups is 2. The molecule has 10 heteroatoms. The molecule has 2 aromatic rings. The van der Waals surface area contributed by atoms with Crippen LogP contribution < -0.4 is 20.1 Å². The van der Waals surface area contributed by atoms with Gasteiger partial charge in [-0.15, -0.1) is 10.2 Å². The van der Waals surface area contributed by atoms with Crippen molar-refractivity contribution in [3.63, 3.8) is 0 Å². The first-order valence-electron chi connectivity index (χ1n) is 9.34. The van der Waals surface area contributed by atoms with Gasteiger partial charge in [0, 0.05) is 11.6 Å². The second-order valence-electron chi connectivity index (χ2n) is 6.55. The molecule has 1 aliphatic carbocycles. The highest BCUT2D eigenvalue weighted by Crippen LogP contribution is 2.27. The minimum Gasteiger partial charge on any atom is -0.493 e. The Bertz CT molecular complexity index is 851. The number of hydrogen-bond donors (Lipinski definition) is 2. The molecule has 0 bridgehead atoms. The molecule has 0 radical (unpaired) electrons. The van der Waals surface area contributed by atoms with Crippen molar-refractivity contribution in [1.82, 2.24) is 20.8 Å². The van der Waals surface area contributed by atoms with E-state index in [4.69, 9.17) is 13.9 Å². The van der Waals surface area contributed by atoms with Crippen molar-refractivity contribution in [1.29, 1.82) is 0 Å². The molecule has 1 aliphatic rings. The number of thioether (sulfide) groups is 1. The van der Waals surface area contributed by atoms with Crippen LogP contribution in [0.5, 0.6) is 11.5 Å². The number of nitrogens with zero attached hydrogens (tertiary/aromatic N) is 2. The molecule has 2 N–H and O–H groups in total. The zero-order valence-corrected chi connectivity index (χ0v) is 17.2. The summed E-state index contributed by atoms with van der Waals surface area (Å²) >= 11 is 1.18. The van der Waals surface area contributed by atoms with Gasteiger partial charge in [-0.05, 0) is 31.0 Å². The minimum atomic E-state index is -0.311. The smallest absolute Gasteiger partial charge is 0.277 e. The van der Waals surface area contributed by atoms with Crippen LogP contribution in [0.15, 0.2) is 27.8 Å². The van der Waals surface area contributed by atoms with E-state index in [9.17, 15) is 9.59 Å². The number of rotatable bonds is 9. The lowest BCUT2D eigenvalue weighted by molar-refractivity contribution is -0.119. The van der Waals surface area contributed by atoms with E-state index in [1.54, 1.807) is 18.2 Å². The summed E-state index contributed by atoms with van der Waals surface area (Å²) in [5.41, 5.74) is 0.417. The number of nitrogens with one attached hydrogen (secondary N) is 2. The van der Waals surface area contributed by atoms with Crippen LogP contribution in [-0.4, -0.2) is 48.0 Å². The zero-order valence-electron chi connectivity index (χ0n) is 16.4. The van der Waals surface area contributed by atoms with Crippen molar-refractivity contribution in [2.24, 2.45) is 0 Å². The van der Waals surface area contributed by atoms with Crippen LogP contribution in [0.25, 0.3) is 0 Å². The van der Waals surface area contributed by atoms with E-state index < -0.39 is 0 Å². The number of ether oxygens (including phenoxy) is 2. The van der Waals surface area contributed by atoms with E-state index in [1.807, 2.05) is 0 Å². The van der Waals surface area contributed by atoms with Gasteiger partial charge in [0.15, 0.2) is 11.5 Å². The lowest BCUT2D eigenvalue weighted by atomic mass is 10.2. The van der Waals surface area contributed by atoms with Crippen LogP contribution >= 0.6 is 11.8 Å². The predicted molar refractivity (Wildman–Crippen MR) is 106 cm³/mol. The van der Waals surface area contributed by atoms with Gasteiger partial charge in [-0.3, -0.25) is 9.59 Å². The normalized spacial score (nSPS) is 13.9. The predicted octanol–water partition coefficient (Wildman–Crippen LogP) is 2.17. The molecular formula is C19H24N4O5S. The van der Waals surface area contributed by atoms with Crippen molar-refractivity contribution >= 4 is 23.6 Å². The quantitative estimate of drug-likeness (QED) is 0.593. The fourth-order valence-electron chi connectivity index (χ4n) is 3.07. The fraction of sp³-hybridized carbons (Fsp3) is 0.474. The highest BCUT2D eigenvalue weighted by molar-refractivity contribution is 7.99. The van der Waals surface area contributed by atoms with Gasteiger partial charge in [0.25, 0.3) is 11.1 Å². The summed E-state index contributed by atoms with van der Waals surface area (Å²) in [7, 11) is 3.03. The van der Waals surface area contributed by atoms with Gasteiger partial charge in [-0.1, -0.05) is 24.6 Å². The maximum atomic E-state index is 12.3. The van der Waals surface area contributed by atoms with E-state index in [-0.39, 0.29) is 36.0 Å². The first kappa shape index (κ1) is 21.0. The molecule has 0 aliphatic heterocycles. The number of benzene rings is 1. The second-order valence-corrected chi connectivity index (χ2v) is 7.48. The van der Waals surface area contributed by atoms with E-state index in [1.165, 1.54) is 38.8 Å². The molecule has 1 aromatic heterocycles. The van der Waals surface area contributed by atoms with Gasteiger partial charge >= 0.3 is 0 Å². The van der Waals surface area contributed by atoms with Crippen LogP contribution in [0.1, 0.15) is 41.9 Å². The molecule has 9 nitrogen and oxygen atoms in total. The Hall–Kier alpha value is -2.75. The van der Waals surface area contributed by atoms with Crippen molar-refractivity contribution in [3.8, 4) is 11.5 Å². The Labute approximate surface area is 172 Å². The Morgan fingerprint density at radius 1 is 1.17 bits per heavy atom. The van der Waals surface area contributed by atoms with Crippen LogP contribution in [0.3, 0.4) is 0 Å². The molecule has 29 heavy (non-hydrogen) atoms. The summed E-state index contributed by atoms with van der Waals surface area (Å²) in [5, 5.41) is 13.8. The lowest BCUT2D eigenvalue weighted by Gasteiger charge is -2.10. The van der Waals surface area contributed by atoms with E-state index in [0.717, 1.165) is 12.8 Å². The van der Waals surface area contributed by atoms with Crippen LogP contribution in [0.4, 0.5) is 0 Å². The average Bonchev–Trinajstić information content (AvgIpc) is 3.41. The largest absolute Gasteiger partial charge is 0.493 e. The molecule has 3 rings (SSSR count). The molecule has 0 saturated heterocycles. The van der Waals surface area contributed by atoms with Gasteiger partial charge in [0.1, 0.15) is 0 Å². The van der Waals surface area contributed by atoms with Crippen molar-refractivity contribution in [2.45, 2.75) is 43.5 Å². The fourth-order valence-corrected chi connectivity index (χ4v) is 3.66. The summed E-state index contributed by atoms with van der Waals surface area (Å²) in [6, 6.07) is 5.17. The molecule has 0 spiro atoms. The topological polar surface area (TPSA) is 116 Å². The highest BCUT2D eigenvalue weighted by atomic mass is 32.2. The van der Waals surface area contributed by atoms with Crippen molar-refractivity contribution in [2.75, 3.05) is 20.0 Å². The maximum Gasteiger partial charge on any atom is 0.277 e. The number of aromatic nitrogens is 2. The van der Waals surface area contributed by atoms with Gasteiger partial charge < -0.3 is 24.5 Å². The Morgan fingerprint density at radius 3 is 2.66 bits per heavy atom. The third-order valence-corrected chi connectivity index (χ3v) is 5.36. The third kappa shape index (κ3) is 5.86. The van der Waals surface area contributed by atoms with E-state index in [0.29, 0.717) is 22.3 Å². The molecular weight excluding hydrogens is 396 g/mol. The molecule has 1 saturated carbocycles. The highest BCUT2D eigenvalue weighted by Gasteiger charge is 2.18. The second kappa shape index (κ2) is 10.1. The van der Waals surface area contributed by atoms with Crippen molar-refractivity contribution < 1.29 is 23.5 Å². The molecule has 1 aromatic carbocycles. The molecule has 1 fully saturated rings. The summed E-state index contributed by atoms with van der Waals surface area (Å²) in [5.74, 6) is 1.14. The summed E-state index contributed by atoms with van der Waals surface area (Å²) in [4.78, 5) is 24.3. The Kier molecular flexibility index (Phi) is 7.34. The molecule has 2 amide bonds. The standard InChI is InChI=1S/C19H24N4O5S/c1-26-14-8-7-12(9-15(14)27-2)18(25)20-10-17-22-23-19(28-17)29-11-16(24)21-13-5-3-4-6-13/h7-9,13H,3-6,10-11H2,1-2H3,(H,20,25)(H,21,24). The average molecular weight is 420 g/mol. The van der Waals surface area contributed by atoms with Crippen LogP contribution in [0, 0.1) is 0 Å². The lowest BCUT2D eigenvalue weighted by Crippen LogP contribution is -2.33. The van der Waals surface area contributed by atoms with E-state index in [2.05, 4.69) is 20.8 Å². The number of amides is 2. The molecule has 1 heterocycles. The summed E-state index contributed by atoms with van der Waals surface area (Å²) in [6.07, 6.45) is 4.42. The summed E-state index contributed by atoms with van der Waals surface area (Å²) < 4.78 is 15.8. The molecule has 156 valence electrons. The Morgan fingerprint density at radius 2 is 1.93 bits per heavy atom. The molecule has 0 atom stereocenters. The van der Waals surface area contributed by atoms with E-state index >= 15 is 0 Å². The third-order valence-electron chi connectivity index (χ3n) is 4.54. The Balaban J connectivity index is 1.46. The van der Waals surface area contributed by atoms with Gasteiger partial charge in [-0.25, -0.2) is 0 Å². The first-order chi connectivity index (χ1) is 14.1. The van der Waals surface area contributed by atoms with Crippen LogP contribution in [-0.2, 0) is 11.3 Å². The van der Waals surface area contributed by atoms with Gasteiger partial charge in [0.2, 0.25) is 11.8 Å². The maximum absolute atomic E-state index is 12.3. The van der Waals surface area contributed by atoms with Gasteiger partial charge in [-0.2, -0.15) is 0 Å². The van der Waals surface area contributed by atoms with Crippen molar-refractivity contribution in [3.05, 3.63) is 29.7 Å². The SMILES string of the molecule is COc1ccc(C(=O)NCc2nnc(SCC(=O)NC3CCCC3)o2)cc1OC. The molecule has 0 unspecified atom stereocenters. The summed E-state index contributed by atoms with van der Waals surface area (Å²) in [6.45, 7) is 0.0784. The van der Waals surface area contributed by atoms with Crippen LogP contribution in [0.2, 0.25) is 0 Å².